The molecule has 166 valence electrons. The van der Waals surface area contributed by atoms with Crippen LogP contribution in [0, 0.1) is 20.7 Å². The number of hydrogen-bond acceptors (Lipinski definition) is 0. The molecule has 0 amide bonds. The molecule has 0 unspecified atom stereocenters. The number of benzene rings is 3. The lowest BCUT2D eigenvalue weighted by atomic mass is 9.83. The molecule has 0 saturated carbocycles. The molecule has 0 spiro atoms. The second-order valence-corrected chi connectivity index (χ2v) is 10.2. The minimum atomic E-state index is -2.15. The van der Waals surface area contributed by atoms with Gasteiger partial charge in [-0.15, -0.1) is 0 Å². The van der Waals surface area contributed by atoms with E-state index in [0.29, 0.717) is 5.56 Å². The molecule has 5 rings (SSSR count). The van der Waals surface area contributed by atoms with Gasteiger partial charge in [-0.2, -0.15) is 4.57 Å². The summed E-state index contributed by atoms with van der Waals surface area (Å²) in [5.41, 5.74) is 8.34. The first-order valence-corrected chi connectivity index (χ1v) is 11.5. The van der Waals surface area contributed by atoms with Gasteiger partial charge in [-0.25, -0.2) is 4.57 Å². The second kappa shape index (κ2) is 7.59. The van der Waals surface area contributed by atoms with Crippen molar-refractivity contribution >= 4 is 21.8 Å². The lowest BCUT2D eigenvalue weighted by molar-refractivity contribution is -0.665. The lowest BCUT2D eigenvalue weighted by Gasteiger charge is -2.21. The summed E-state index contributed by atoms with van der Waals surface area (Å²) in [7, 11) is 1.93. The number of fused-ring (bicyclic) bond motifs is 3. The van der Waals surface area contributed by atoms with Crippen LogP contribution in [0.1, 0.15) is 47.1 Å². The molecule has 2 heterocycles. The van der Waals surface area contributed by atoms with Gasteiger partial charge in [0.2, 0.25) is 0 Å². The van der Waals surface area contributed by atoms with Crippen molar-refractivity contribution < 1.29 is 8.68 Å². The molecule has 33 heavy (non-hydrogen) atoms. The number of nitrogens with zero attached hydrogens (tertiary/aromatic N) is 2. The third-order valence-corrected chi connectivity index (χ3v) is 6.78. The number of aryl methyl sites for hydroxylation is 4. The van der Waals surface area contributed by atoms with Crippen LogP contribution in [0.25, 0.3) is 38.8 Å². The second-order valence-electron chi connectivity index (χ2n) is 10.2. The maximum absolute atomic E-state index is 7.97. The Morgan fingerprint density at radius 2 is 1.58 bits per heavy atom. The van der Waals surface area contributed by atoms with E-state index in [1.54, 1.807) is 6.20 Å². The van der Waals surface area contributed by atoms with E-state index >= 15 is 0 Å². The molecule has 0 bridgehead atoms. The standard InChI is InChI=1S/C31H33N2/c1-20-17-29(32(7)19-21(20)2)33-28-16-13-24(23-11-9-8-10-12-23)18-26(28)25-14-15-27(31(4,5)6)22(3)30(25)33/h8-19H,1-7H3/q+1/i2D3. The van der Waals surface area contributed by atoms with Crippen molar-refractivity contribution in [2.24, 2.45) is 7.05 Å². The Balaban J connectivity index is 1.90. The smallest absolute Gasteiger partial charge is 0.236 e. The molecule has 0 saturated heterocycles. The van der Waals surface area contributed by atoms with E-state index in [-0.39, 0.29) is 5.41 Å². The van der Waals surface area contributed by atoms with E-state index in [1.807, 2.05) is 30.7 Å². The highest BCUT2D eigenvalue weighted by Crippen LogP contribution is 2.39. The van der Waals surface area contributed by atoms with Gasteiger partial charge in [0.15, 0.2) is 0 Å². The molecular weight excluding hydrogens is 400 g/mol. The average molecular weight is 437 g/mol. The Morgan fingerprint density at radius 3 is 2.27 bits per heavy atom. The van der Waals surface area contributed by atoms with Gasteiger partial charge in [0.05, 0.1) is 13.2 Å². The van der Waals surface area contributed by atoms with Crippen LogP contribution in [0.4, 0.5) is 0 Å². The van der Waals surface area contributed by atoms with Crippen molar-refractivity contribution in [1.29, 1.82) is 0 Å². The maximum atomic E-state index is 7.97. The predicted molar refractivity (Wildman–Crippen MR) is 140 cm³/mol. The van der Waals surface area contributed by atoms with Crippen LogP contribution < -0.4 is 4.57 Å². The molecule has 2 aromatic heterocycles. The highest BCUT2D eigenvalue weighted by molar-refractivity contribution is 6.11. The van der Waals surface area contributed by atoms with Crippen LogP contribution in [-0.2, 0) is 12.5 Å². The molecule has 0 radical (unpaired) electrons. The molecule has 2 heteroatoms. The SMILES string of the molecule is [2H]C([2H])([2H])c1c[n+](C)c(-n2c3ccc(-c4ccccc4)cc3c3ccc(C(C)(C)C)c(C)c32)cc1C. The molecular formula is C31H33N2+. The van der Waals surface area contributed by atoms with E-state index in [9.17, 15) is 0 Å². The normalized spacial score (nSPS) is 13.8. The molecule has 0 fully saturated rings. The van der Waals surface area contributed by atoms with Gasteiger partial charge in [-0.05, 0) is 72.1 Å². The fourth-order valence-corrected chi connectivity index (χ4v) is 5.09. The van der Waals surface area contributed by atoms with Crippen molar-refractivity contribution in [1.82, 2.24) is 4.57 Å². The van der Waals surface area contributed by atoms with E-state index in [2.05, 4.69) is 86.9 Å². The zero-order valence-electron chi connectivity index (χ0n) is 23.3. The lowest BCUT2D eigenvalue weighted by Crippen LogP contribution is -2.34. The molecule has 0 atom stereocenters. The Bertz CT molecular complexity index is 1620. The maximum Gasteiger partial charge on any atom is 0.286 e. The van der Waals surface area contributed by atoms with Gasteiger partial charge < -0.3 is 0 Å². The number of aromatic nitrogens is 2. The fourth-order valence-electron chi connectivity index (χ4n) is 5.09. The van der Waals surface area contributed by atoms with E-state index in [1.165, 1.54) is 38.5 Å². The molecule has 5 aromatic rings. The Kier molecular flexibility index (Phi) is 4.16. The van der Waals surface area contributed by atoms with E-state index in [4.69, 9.17) is 4.11 Å². The van der Waals surface area contributed by atoms with E-state index < -0.39 is 6.85 Å². The zero-order valence-corrected chi connectivity index (χ0v) is 20.3. The third-order valence-electron chi connectivity index (χ3n) is 6.78. The van der Waals surface area contributed by atoms with Crippen LogP contribution in [0.5, 0.6) is 0 Å². The Labute approximate surface area is 201 Å². The Hall–Kier alpha value is -3.39. The topological polar surface area (TPSA) is 8.81 Å². The van der Waals surface area contributed by atoms with Gasteiger partial charge in [-0.1, -0.05) is 63.2 Å². The summed E-state index contributed by atoms with van der Waals surface area (Å²) in [6.45, 7) is 8.69. The third kappa shape index (κ3) is 3.45. The summed E-state index contributed by atoms with van der Waals surface area (Å²) < 4.78 is 28.2. The molecule has 0 aliphatic heterocycles. The van der Waals surface area contributed by atoms with Crippen LogP contribution in [-0.4, -0.2) is 4.57 Å². The first-order valence-electron chi connectivity index (χ1n) is 13.0. The van der Waals surface area contributed by atoms with Crippen molar-refractivity contribution in [2.45, 2.75) is 46.9 Å². The van der Waals surface area contributed by atoms with Crippen LogP contribution >= 0.6 is 0 Å². The van der Waals surface area contributed by atoms with Crippen molar-refractivity contribution in [2.75, 3.05) is 0 Å². The Morgan fingerprint density at radius 1 is 0.818 bits per heavy atom. The van der Waals surface area contributed by atoms with Gasteiger partial charge in [0.1, 0.15) is 11.0 Å². The number of pyridine rings is 1. The van der Waals surface area contributed by atoms with Crippen molar-refractivity contribution in [3.63, 3.8) is 0 Å². The first-order chi connectivity index (χ1) is 16.9. The molecule has 2 nitrogen and oxygen atoms in total. The monoisotopic (exact) mass is 436 g/mol. The first kappa shape index (κ1) is 18.1. The van der Waals surface area contributed by atoms with Crippen LogP contribution in [0.2, 0.25) is 0 Å². The summed E-state index contributed by atoms with van der Waals surface area (Å²) >= 11 is 0. The minimum absolute atomic E-state index is 0.00201. The number of hydrogen-bond donors (Lipinski definition) is 0. The number of rotatable bonds is 2. The van der Waals surface area contributed by atoms with Gasteiger partial charge >= 0.3 is 0 Å². The summed E-state index contributed by atoms with van der Waals surface area (Å²) in [5, 5.41) is 2.39. The molecule has 0 aliphatic carbocycles. The summed E-state index contributed by atoms with van der Waals surface area (Å²) in [6, 6.07) is 23.6. The van der Waals surface area contributed by atoms with Crippen LogP contribution in [0.3, 0.4) is 0 Å². The zero-order chi connectivity index (χ0) is 26.0. The largest absolute Gasteiger partial charge is 0.286 e. The average Bonchev–Trinajstić information content (AvgIpc) is 3.14. The van der Waals surface area contributed by atoms with Crippen molar-refractivity contribution in [3.05, 3.63) is 95.2 Å². The minimum Gasteiger partial charge on any atom is -0.236 e. The highest BCUT2D eigenvalue weighted by atomic mass is 15.1. The van der Waals surface area contributed by atoms with Crippen LogP contribution in [0.15, 0.2) is 72.9 Å². The molecule has 0 aliphatic rings. The van der Waals surface area contributed by atoms with Crippen molar-refractivity contribution in [3.8, 4) is 16.9 Å². The summed E-state index contributed by atoms with van der Waals surface area (Å²) in [4.78, 5) is 0. The van der Waals surface area contributed by atoms with Gasteiger partial charge in [-0.3, -0.25) is 0 Å². The predicted octanol–water partition coefficient (Wildman–Crippen LogP) is 7.50. The molecule has 0 N–H and O–H groups in total. The molecule has 3 aromatic carbocycles. The summed E-state index contributed by atoms with van der Waals surface area (Å²) in [5.74, 6) is 0.946. The fraction of sp³-hybridized carbons (Fsp3) is 0.258. The highest BCUT2D eigenvalue weighted by Gasteiger charge is 2.27. The summed E-state index contributed by atoms with van der Waals surface area (Å²) in [6.07, 6.45) is 1.76. The quantitative estimate of drug-likeness (QED) is 0.253. The van der Waals surface area contributed by atoms with E-state index in [0.717, 1.165) is 16.9 Å². The van der Waals surface area contributed by atoms with Gasteiger partial charge in [0.25, 0.3) is 5.82 Å². The van der Waals surface area contributed by atoms with Gasteiger partial charge in [0, 0.05) is 26.5 Å².